The minimum Gasteiger partial charge on any atom is -0.372 e. The maximum atomic E-state index is 9.35. The van der Waals surface area contributed by atoms with Crippen LogP contribution < -0.4 is 10.2 Å². The Bertz CT molecular complexity index is 921. The smallest absolute Gasteiger partial charge is 0.142 e. The minimum atomic E-state index is 0.0393. The summed E-state index contributed by atoms with van der Waals surface area (Å²) in [4.78, 5) is 4.91. The lowest BCUT2D eigenvalue weighted by Gasteiger charge is -2.46. The van der Waals surface area contributed by atoms with Gasteiger partial charge in [-0.2, -0.15) is 10.4 Å². The van der Waals surface area contributed by atoms with Crippen LogP contribution in [0.3, 0.4) is 0 Å². The van der Waals surface area contributed by atoms with E-state index in [2.05, 4.69) is 33.2 Å². The van der Waals surface area contributed by atoms with Crippen LogP contribution in [0.25, 0.3) is 5.52 Å². The van der Waals surface area contributed by atoms with Gasteiger partial charge in [-0.15, -0.1) is 0 Å². The zero-order valence-corrected chi connectivity index (χ0v) is 17.6. The van der Waals surface area contributed by atoms with Crippen molar-refractivity contribution in [3.63, 3.8) is 0 Å². The van der Waals surface area contributed by atoms with Crippen LogP contribution in [0, 0.1) is 11.3 Å². The van der Waals surface area contributed by atoms with E-state index < -0.39 is 0 Å². The summed E-state index contributed by atoms with van der Waals surface area (Å²) in [5, 5.41) is 17.2. The highest BCUT2D eigenvalue weighted by atomic mass is 16.5. The molecular weight excluding hydrogens is 380 g/mol. The fourth-order valence-electron chi connectivity index (χ4n) is 5.16. The van der Waals surface area contributed by atoms with Gasteiger partial charge in [0, 0.05) is 45.8 Å². The summed E-state index contributed by atoms with van der Waals surface area (Å²) in [5.41, 5.74) is 2.69. The van der Waals surface area contributed by atoms with Crippen LogP contribution in [-0.2, 0) is 9.47 Å². The lowest BCUT2D eigenvalue weighted by Crippen LogP contribution is -2.57. The van der Waals surface area contributed by atoms with Crippen molar-refractivity contribution >= 4 is 11.2 Å². The first-order valence-corrected chi connectivity index (χ1v) is 11.0. The predicted octanol–water partition coefficient (Wildman–Crippen LogP) is 1.25. The van der Waals surface area contributed by atoms with Gasteiger partial charge in [-0.05, 0) is 38.0 Å². The summed E-state index contributed by atoms with van der Waals surface area (Å²) < 4.78 is 14.2. The van der Waals surface area contributed by atoms with Gasteiger partial charge in [0.25, 0.3) is 0 Å². The molecule has 3 saturated heterocycles. The summed E-state index contributed by atoms with van der Waals surface area (Å²) in [7, 11) is 0. The summed E-state index contributed by atoms with van der Waals surface area (Å²) >= 11 is 0. The molecule has 0 amide bonds. The largest absolute Gasteiger partial charge is 0.372 e. The number of nitriles is 1. The molecule has 3 aliphatic heterocycles. The first-order chi connectivity index (χ1) is 14.7. The maximum absolute atomic E-state index is 9.35. The molecule has 0 saturated carbocycles. The van der Waals surface area contributed by atoms with Crippen molar-refractivity contribution in [3.8, 4) is 6.07 Å². The summed E-state index contributed by atoms with van der Waals surface area (Å²) in [6.07, 6.45) is 4.24. The number of anilines is 1. The van der Waals surface area contributed by atoms with E-state index >= 15 is 0 Å². The van der Waals surface area contributed by atoms with E-state index in [1.165, 1.54) is 0 Å². The number of hydrogen-bond donors (Lipinski definition) is 1. The Hall–Kier alpha value is -2.18. The number of pyridine rings is 1. The van der Waals surface area contributed by atoms with E-state index in [0.717, 1.165) is 76.5 Å². The summed E-state index contributed by atoms with van der Waals surface area (Å²) in [6, 6.07) is 8.10. The van der Waals surface area contributed by atoms with E-state index in [0.29, 0.717) is 5.69 Å². The van der Waals surface area contributed by atoms with E-state index in [1.807, 2.05) is 18.2 Å². The van der Waals surface area contributed by atoms with Gasteiger partial charge in [-0.1, -0.05) is 0 Å². The molecule has 5 rings (SSSR count). The van der Waals surface area contributed by atoms with Gasteiger partial charge in [0.2, 0.25) is 0 Å². The highest BCUT2D eigenvalue weighted by Crippen LogP contribution is 2.29. The standard InChI is InChI=1S/C22H30N6O2/c1-17-13-27(20-3-2-18(12-23)28-21(20)4-7-25-28)15-19(30-17)14-26-9-5-22(6-10-26)16-24-8-11-29-22/h2-4,7,17,19,24H,5-6,8-11,13-16H2,1H3/t17-,19+/m1/s1. The van der Waals surface area contributed by atoms with Gasteiger partial charge in [0.05, 0.1) is 41.8 Å². The van der Waals surface area contributed by atoms with Gasteiger partial charge in [0.15, 0.2) is 0 Å². The Morgan fingerprint density at radius 2 is 2.13 bits per heavy atom. The molecule has 0 unspecified atom stereocenters. The number of rotatable bonds is 3. The highest BCUT2D eigenvalue weighted by Gasteiger charge is 2.38. The number of ether oxygens (including phenoxy) is 2. The van der Waals surface area contributed by atoms with Crippen LogP contribution in [0.4, 0.5) is 5.69 Å². The number of aromatic nitrogens is 2. The van der Waals surface area contributed by atoms with Crippen LogP contribution >= 0.6 is 0 Å². The van der Waals surface area contributed by atoms with Gasteiger partial charge < -0.3 is 24.6 Å². The normalized spacial score (nSPS) is 27.4. The quantitative estimate of drug-likeness (QED) is 0.816. The average molecular weight is 411 g/mol. The zero-order chi connectivity index (χ0) is 20.6. The first-order valence-electron chi connectivity index (χ1n) is 11.0. The van der Waals surface area contributed by atoms with Crippen molar-refractivity contribution < 1.29 is 9.47 Å². The van der Waals surface area contributed by atoms with Crippen molar-refractivity contribution in [2.24, 2.45) is 0 Å². The predicted molar refractivity (Wildman–Crippen MR) is 114 cm³/mol. The SMILES string of the molecule is C[C@@H]1CN(c2ccc(C#N)n3nccc23)C[C@H](CN2CCC3(CC2)CNCCO3)O1. The monoisotopic (exact) mass is 410 g/mol. The first kappa shape index (κ1) is 19.8. The molecule has 5 heterocycles. The maximum Gasteiger partial charge on any atom is 0.142 e. The fourth-order valence-corrected chi connectivity index (χ4v) is 5.16. The molecule has 8 heteroatoms. The second-order valence-electron chi connectivity index (χ2n) is 8.83. The Labute approximate surface area is 177 Å². The molecule has 0 bridgehead atoms. The topological polar surface area (TPSA) is 78.1 Å². The number of hydrogen-bond acceptors (Lipinski definition) is 7. The van der Waals surface area contributed by atoms with E-state index in [-0.39, 0.29) is 17.8 Å². The van der Waals surface area contributed by atoms with Crippen LogP contribution in [0.5, 0.6) is 0 Å². The molecule has 3 aliphatic rings. The van der Waals surface area contributed by atoms with E-state index in [9.17, 15) is 5.26 Å². The van der Waals surface area contributed by atoms with Crippen molar-refractivity contribution in [1.29, 1.82) is 5.26 Å². The molecule has 2 aromatic rings. The Morgan fingerprint density at radius 3 is 2.90 bits per heavy atom. The second-order valence-corrected chi connectivity index (χ2v) is 8.83. The van der Waals surface area contributed by atoms with E-state index in [4.69, 9.17) is 9.47 Å². The summed E-state index contributed by atoms with van der Waals surface area (Å²) in [6.45, 7) is 9.65. The number of nitrogens with one attached hydrogen (secondary N) is 1. The zero-order valence-electron chi connectivity index (χ0n) is 17.6. The van der Waals surface area contributed by atoms with Crippen LogP contribution in [0.1, 0.15) is 25.5 Å². The molecule has 160 valence electrons. The second kappa shape index (κ2) is 8.16. The van der Waals surface area contributed by atoms with Crippen LogP contribution in [0.2, 0.25) is 0 Å². The third-order valence-corrected chi connectivity index (χ3v) is 6.68. The van der Waals surface area contributed by atoms with Gasteiger partial charge in [-0.25, -0.2) is 4.52 Å². The van der Waals surface area contributed by atoms with E-state index in [1.54, 1.807) is 10.7 Å². The molecule has 3 fully saturated rings. The molecular formula is C22H30N6O2. The van der Waals surface area contributed by atoms with Gasteiger partial charge in [0.1, 0.15) is 11.8 Å². The Balaban J connectivity index is 1.26. The molecule has 1 N–H and O–H groups in total. The molecule has 1 spiro atoms. The van der Waals surface area contributed by atoms with Gasteiger partial charge in [-0.3, -0.25) is 0 Å². The number of fused-ring (bicyclic) bond motifs is 1. The highest BCUT2D eigenvalue weighted by molar-refractivity contribution is 5.74. The Kier molecular flexibility index (Phi) is 5.37. The molecule has 0 aromatic carbocycles. The van der Waals surface area contributed by atoms with Crippen LogP contribution in [-0.4, -0.2) is 84.7 Å². The number of piperidine rings is 1. The van der Waals surface area contributed by atoms with Crippen molar-refractivity contribution in [2.75, 3.05) is 57.3 Å². The Morgan fingerprint density at radius 1 is 1.27 bits per heavy atom. The van der Waals surface area contributed by atoms with Crippen LogP contribution in [0.15, 0.2) is 24.4 Å². The molecule has 0 aliphatic carbocycles. The fraction of sp³-hybridized carbons (Fsp3) is 0.636. The molecule has 8 nitrogen and oxygen atoms in total. The third-order valence-electron chi connectivity index (χ3n) is 6.68. The summed E-state index contributed by atoms with van der Waals surface area (Å²) in [5.74, 6) is 0. The molecule has 30 heavy (non-hydrogen) atoms. The lowest BCUT2D eigenvalue weighted by atomic mass is 9.90. The molecule has 2 atom stereocenters. The number of nitrogens with zero attached hydrogens (tertiary/aromatic N) is 5. The number of likely N-dealkylation sites (tertiary alicyclic amines) is 1. The van der Waals surface area contributed by atoms with Crippen molar-refractivity contribution in [2.45, 2.75) is 37.6 Å². The lowest BCUT2D eigenvalue weighted by molar-refractivity contribution is -0.107. The molecule has 2 aromatic heterocycles. The average Bonchev–Trinajstić information content (AvgIpc) is 3.25. The minimum absolute atomic E-state index is 0.0393. The van der Waals surface area contributed by atoms with Gasteiger partial charge >= 0.3 is 0 Å². The van der Waals surface area contributed by atoms with Crippen molar-refractivity contribution in [1.82, 2.24) is 19.8 Å². The number of morpholine rings is 2. The molecule has 0 radical (unpaired) electrons. The third kappa shape index (κ3) is 3.79. The van der Waals surface area contributed by atoms with Crippen molar-refractivity contribution in [3.05, 3.63) is 30.1 Å².